The number of rotatable bonds is 2. The molecule has 1 heterocycles. The summed E-state index contributed by atoms with van der Waals surface area (Å²) in [6, 6.07) is 15.3. The Hall–Kier alpha value is -1.93. The summed E-state index contributed by atoms with van der Waals surface area (Å²) in [5, 5.41) is 1.78. The van der Waals surface area contributed by atoms with E-state index in [1.807, 2.05) is 54.7 Å². The van der Waals surface area contributed by atoms with E-state index >= 15 is 0 Å². The molecule has 0 aliphatic rings. The number of fused-ring (bicyclic) bond motifs is 1. The second kappa shape index (κ2) is 4.15. The van der Waals surface area contributed by atoms with Crippen molar-refractivity contribution >= 4 is 22.5 Å². The molecule has 84 valence electrons. The fourth-order valence-electron chi connectivity index (χ4n) is 1.76. The summed E-state index contributed by atoms with van der Waals surface area (Å²) in [6.45, 7) is 0. The Bertz CT molecular complexity index is 643. The minimum absolute atomic E-state index is 0.705. The zero-order valence-corrected chi connectivity index (χ0v) is 9.74. The van der Waals surface area contributed by atoms with Crippen LogP contribution in [0.5, 0.6) is 11.5 Å². The molecular weight excluding hydrogens is 234 g/mol. The average Bonchev–Trinajstić information content (AvgIpc) is 2.76. The standard InChI is InChI=1S/C14H10ClNO/c15-10-5-7-11(8-6-10)17-14-9-16-13-4-2-1-3-12(13)14/h1-9,16H. The van der Waals surface area contributed by atoms with Crippen molar-refractivity contribution in [3.63, 3.8) is 0 Å². The van der Waals surface area contributed by atoms with E-state index in [-0.39, 0.29) is 0 Å². The van der Waals surface area contributed by atoms with Crippen LogP contribution in [0.25, 0.3) is 10.9 Å². The van der Waals surface area contributed by atoms with Crippen molar-refractivity contribution in [1.29, 1.82) is 0 Å². The molecule has 0 atom stereocenters. The molecule has 0 aliphatic carbocycles. The Balaban J connectivity index is 1.97. The molecule has 2 aromatic carbocycles. The number of halogens is 1. The van der Waals surface area contributed by atoms with Gasteiger partial charge in [-0.25, -0.2) is 0 Å². The van der Waals surface area contributed by atoms with Gasteiger partial charge in [0.25, 0.3) is 0 Å². The van der Waals surface area contributed by atoms with Crippen molar-refractivity contribution in [3.8, 4) is 11.5 Å². The van der Waals surface area contributed by atoms with Crippen molar-refractivity contribution in [3.05, 3.63) is 59.8 Å². The molecule has 0 aliphatic heterocycles. The van der Waals surface area contributed by atoms with Gasteiger partial charge < -0.3 is 9.72 Å². The molecule has 17 heavy (non-hydrogen) atoms. The summed E-state index contributed by atoms with van der Waals surface area (Å²) in [6.07, 6.45) is 1.86. The molecule has 0 saturated carbocycles. The highest BCUT2D eigenvalue weighted by atomic mass is 35.5. The molecule has 0 amide bonds. The summed E-state index contributed by atoms with van der Waals surface area (Å²) < 4.78 is 5.80. The van der Waals surface area contributed by atoms with Crippen LogP contribution in [0.1, 0.15) is 0 Å². The molecule has 3 heteroatoms. The molecule has 0 saturated heterocycles. The van der Waals surface area contributed by atoms with Crippen LogP contribution in [0.4, 0.5) is 0 Å². The summed E-state index contributed by atoms with van der Waals surface area (Å²) >= 11 is 5.83. The number of hydrogen-bond acceptors (Lipinski definition) is 1. The molecule has 0 radical (unpaired) electrons. The second-order valence-electron chi connectivity index (χ2n) is 3.75. The second-order valence-corrected chi connectivity index (χ2v) is 4.19. The first kappa shape index (κ1) is 10.2. The molecule has 1 N–H and O–H groups in total. The fraction of sp³-hybridized carbons (Fsp3) is 0. The number of benzene rings is 2. The summed E-state index contributed by atoms with van der Waals surface area (Å²) in [5.74, 6) is 1.60. The molecule has 0 fully saturated rings. The van der Waals surface area contributed by atoms with E-state index in [0.29, 0.717) is 5.02 Å². The van der Waals surface area contributed by atoms with E-state index in [4.69, 9.17) is 16.3 Å². The highest BCUT2D eigenvalue weighted by molar-refractivity contribution is 6.30. The van der Waals surface area contributed by atoms with Gasteiger partial charge in [0.15, 0.2) is 5.75 Å². The predicted molar refractivity (Wildman–Crippen MR) is 69.8 cm³/mol. The number of H-pyrrole nitrogens is 1. The highest BCUT2D eigenvalue weighted by Crippen LogP contribution is 2.30. The summed E-state index contributed by atoms with van der Waals surface area (Å²) in [4.78, 5) is 3.17. The Morgan fingerprint density at radius 3 is 2.53 bits per heavy atom. The SMILES string of the molecule is Clc1ccc(Oc2c[nH]c3ccccc23)cc1. The molecular formula is C14H10ClNO. The van der Waals surface area contributed by atoms with Gasteiger partial charge in [-0.15, -0.1) is 0 Å². The zero-order chi connectivity index (χ0) is 11.7. The normalized spacial score (nSPS) is 10.6. The van der Waals surface area contributed by atoms with Crippen molar-refractivity contribution in [2.75, 3.05) is 0 Å². The first-order valence-corrected chi connectivity index (χ1v) is 5.70. The van der Waals surface area contributed by atoms with Crippen LogP contribution in [0.2, 0.25) is 5.02 Å². The van der Waals surface area contributed by atoms with Gasteiger partial charge in [-0.05, 0) is 36.4 Å². The van der Waals surface area contributed by atoms with E-state index in [9.17, 15) is 0 Å². The lowest BCUT2D eigenvalue weighted by Crippen LogP contribution is -1.81. The van der Waals surface area contributed by atoms with Crippen molar-refractivity contribution in [2.24, 2.45) is 0 Å². The lowest BCUT2D eigenvalue weighted by atomic mass is 10.2. The fourth-order valence-corrected chi connectivity index (χ4v) is 1.88. The number of aromatic nitrogens is 1. The van der Waals surface area contributed by atoms with E-state index in [2.05, 4.69) is 4.98 Å². The van der Waals surface area contributed by atoms with Crippen LogP contribution >= 0.6 is 11.6 Å². The average molecular weight is 244 g/mol. The van der Waals surface area contributed by atoms with Gasteiger partial charge in [-0.3, -0.25) is 0 Å². The lowest BCUT2D eigenvalue weighted by molar-refractivity contribution is 0.488. The Kier molecular flexibility index (Phi) is 2.50. The van der Waals surface area contributed by atoms with Crippen molar-refractivity contribution < 1.29 is 4.74 Å². The maximum absolute atomic E-state index is 5.83. The topological polar surface area (TPSA) is 25.0 Å². The first-order chi connectivity index (χ1) is 8.33. The van der Waals surface area contributed by atoms with E-state index in [0.717, 1.165) is 22.4 Å². The number of hydrogen-bond donors (Lipinski definition) is 1. The van der Waals surface area contributed by atoms with Crippen LogP contribution < -0.4 is 4.74 Å². The van der Waals surface area contributed by atoms with Gasteiger partial charge >= 0.3 is 0 Å². The molecule has 0 bridgehead atoms. The maximum Gasteiger partial charge on any atom is 0.152 e. The molecule has 1 aromatic heterocycles. The molecule has 0 unspecified atom stereocenters. The van der Waals surface area contributed by atoms with Crippen LogP contribution in [-0.4, -0.2) is 4.98 Å². The number of ether oxygens (including phenoxy) is 1. The van der Waals surface area contributed by atoms with Crippen molar-refractivity contribution in [1.82, 2.24) is 4.98 Å². The van der Waals surface area contributed by atoms with Gasteiger partial charge in [0.1, 0.15) is 5.75 Å². The van der Waals surface area contributed by atoms with Gasteiger partial charge in [0, 0.05) is 22.1 Å². The van der Waals surface area contributed by atoms with Gasteiger partial charge in [-0.2, -0.15) is 0 Å². The van der Waals surface area contributed by atoms with Gasteiger partial charge in [0.2, 0.25) is 0 Å². The lowest BCUT2D eigenvalue weighted by Gasteiger charge is -2.03. The highest BCUT2D eigenvalue weighted by Gasteiger charge is 2.04. The Morgan fingerprint density at radius 1 is 0.941 bits per heavy atom. The number of aromatic amines is 1. The van der Waals surface area contributed by atoms with E-state index in [1.54, 1.807) is 0 Å². The molecule has 3 rings (SSSR count). The van der Waals surface area contributed by atoms with Crippen LogP contribution in [0.3, 0.4) is 0 Å². The Labute approximate surface area is 104 Å². The monoisotopic (exact) mass is 243 g/mol. The maximum atomic E-state index is 5.83. The third-order valence-electron chi connectivity index (χ3n) is 2.59. The number of nitrogens with one attached hydrogen (secondary N) is 1. The van der Waals surface area contributed by atoms with Crippen LogP contribution in [0.15, 0.2) is 54.7 Å². The zero-order valence-electron chi connectivity index (χ0n) is 8.98. The van der Waals surface area contributed by atoms with Gasteiger partial charge in [0.05, 0.1) is 0 Å². The molecule has 2 nitrogen and oxygen atoms in total. The molecule has 3 aromatic rings. The molecule has 0 spiro atoms. The van der Waals surface area contributed by atoms with Crippen molar-refractivity contribution in [2.45, 2.75) is 0 Å². The van der Waals surface area contributed by atoms with E-state index < -0.39 is 0 Å². The summed E-state index contributed by atoms with van der Waals surface area (Å²) in [5.41, 5.74) is 1.07. The summed E-state index contributed by atoms with van der Waals surface area (Å²) in [7, 11) is 0. The Morgan fingerprint density at radius 2 is 1.71 bits per heavy atom. The van der Waals surface area contributed by atoms with Crippen LogP contribution in [0, 0.1) is 0 Å². The first-order valence-electron chi connectivity index (χ1n) is 5.32. The quantitative estimate of drug-likeness (QED) is 0.698. The predicted octanol–water partition coefficient (Wildman–Crippen LogP) is 4.61. The largest absolute Gasteiger partial charge is 0.455 e. The smallest absolute Gasteiger partial charge is 0.152 e. The minimum Gasteiger partial charge on any atom is -0.455 e. The van der Waals surface area contributed by atoms with Crippen LogP contribution in [-0.2, 0) is 0 Å². The van der Waals surface area contributed by atoms with E-state index in [1.165, 1.54) is 0 Å². The third-order valence-corrected chi connectivity index (χ3v) is 2.84. The van der Waals surface area contributed by atoms with Gasteiger partial charge in [-0.1, -0.05) is 23.7 Å². The minimum atomic E-state index is 0.705. The number of para-hydroxylation sites is 1. The third kappa shape index (κ3) is 1.99.